The first kappa shape index (κ1) is 18.6. The van der Waals surface area contributed by atoms with E-state index in [4.69, 9.17) is 0 Å². The topological polar surface area (TPSA) is 17.1 Å². The van der Waals surface area contributed by atoms with E-state index >= 15 is 0 Å². The van der Waals surface area contributed by atoms with Crippen LogP contribution in [0.4, 0.5) is 4.39 Å². The number of hydrogen-bond donors (Lipinski definition) is 0. The summed E-state index contributed by atoms with van der Waals surface area (Å²) >= 11 is 0. The summed E-state index contributed by atoms with van der Waals surface area (Å²) < 4.78 is 13.6. The van der Waals surface area contributed by atoms with E-state index in [-0.39, 0.29) is 11.2 Å². The van der Waals surface area contributed by atoms with E-state index < -0.39 is 0 Å². The number of Topliss-reactive ketones (excluding diaryl/α,β-unsaturated/α-hetero) is 1. The van der Waals surface area contributed by atoms with Crippen molar-refractivity contribution in [2.75, 3.05) is 0 Å². The van der Waals surface area contributed by atoms with Gasteiger partial charge in [-0.25, -0.2) is 4.39 Å². The molecule has 0 unspecified atom stereocenters. The van der Waals surface area contributed by atoms with Crippen LogP contribution in [0.15, 0.2) is 29.8 Å². The van der Waals surface area contributed by atoms with Gasteiger partial charge >= 0.3 is 0 Å². The molecule has 4 aliphatic carbocycles. The second-order valence-electron chi connectivity index (χ2n) is 10.6. The van der Waals surface area contributed by atoms with Crippen LogP contribution >= 0.6 is 0 Å². The molecule has 6 atom stereocenters. The molecule has 5 rings (SSSR count). The first-order valence-corrected chi connectivity index (χ1v) is 11.4. The number of carbonyl (C=O) groups is 1. The summed E-state index contributed by atoms with van der Waals surface area (Å²) in [5.41, 5.74) is 2.07. The summed E-state index contributed by atoms with van der Waals surface area (Å²) in [7, 11) is 0. The molecule has 0 heterocycles. The lowest BCUT2D eigenvalue weighted by molar-refractivity contribution is -0.137. The minimum atomic E-state index is -0.230. The molecule has 4 aliphatic rings. The van der Waals surface area contributed by atoms with E-state index in [0.717, 1.165) is 35.8 Å². The lowest BCUT2D eigenvalue weighted by Gasteiger charge is -2.59. The fraction of sp³-hybridized carbons (Fsp3) is 0.654. The van der Waals surface area contributed by atoms with E-state index in [1.165, 1.54) is 51.0 Å². The molecular weight excluding hydrogens is 347 g/mol. The zero-order valence-corrected chi connectivity index (χ0v) is 17.3. The summed E-state index contributed by atoms with van der Waals surface area (Å²) in [5, 5.41) is 0. The number of hydrogen-bond acceptors (Lipinski definition) is 1. The molecule has 0 bridgehead atoms. The Kier molecular flexibility index (Phi) is 4.34. The minimum Gasteiger partial charge on any atom is -0.294 e. The highest BCUT2D eigenvalue weighted by molar-refractivity contribution is 6.05. The number of allylic oxidation sites excluding steroid dienone is 1. The molecule has 4 fully saturated rings. The van der Waals surface area contributed by atoms with Crippen LogP contribution in [-0.4, -0.2) is 5.78 Å². The number of carbonyl (C=O) groups excluding carboxylic acids is 1. The molecule has 0 spiro atoms. The second kappa shape index (κ2) is 6.54. The third-order valence-electron chi connectivity index (χ3n) is 9.41. The molecule has 0 aromatic heterocycles. The van der Waals surface area contributed by atoms with Gasteiger partial charge in [-0.2, -0.15) is 0 Å². The Bertz CT molecular complexity index is 825. The molecular formula is C26H33FO. The normalized spacial score (nSPS) is 44.1. The van der Waals surface area contributed by atoms with Crippen molar-refractivity contribution >= 4 is 11.9 Å². The minimum absolute atomic E-state index is 0.196. The maximum absolute atomic E-state index is 13.6. The molecule has 150 valence electrons. The average Bonchev–Trinajstić information content (AvgIpc) is 2.92. The highest BCUT2D eigenvalue weighted by atomic mass is 19.1. The Hall–Kier alpha value is -1.44. The Morgan fingerprint density at radius 1 is 1.04 bits per heavy atom. The van der Waals surface area contributed by atoms with Gasteiger partial charge in [0.15, 0.2) is 5.78 Å². The molecule has 2 heteroatoms. The predicted molar refractivity (Wildman–Crippen MR) is 111 cm³/mol. The SMILES string of the molecule is C[C@]12CCCC[C@@H]1CC[C@@H]1[C@@H]2CC[C@]2(C)C(=O)/C(=C/c3cccc(F)c3)C[C@@H]12. The van der Waals surface area contributed by atoms with Crippen LogP contribution in [0.5, 0.6) is 0 Å². The lowest BCUT2D eigenvalue weighted by Crippen LogP contribution is -2.52. The number of fused-ring (bicyclic) bond motifs is 5. The first-order valence-electron chi connectivity index (χ1n) is 11.4. The number of rotatable bonds is 1. The smallest absolute Gasteiger partial charge is 0.165 e. The Balaban J connectivity index is 1.46. The van der Waals surface area contributed by atoms with Crippen LogP contribution in [0.25, 0.3) is 6.08 Å². The number of halogens is 1. The molecule has 0 saturated heterocycles. The van der Waals surface area contributed by atoms with Gasteiger partial charge in [0.05, 0.1) is 0 Å². The van der Waals surface area contributed by atoms with Gasteiger partial charge in [0.2, 0.25) is 0 Å². The number of ketones is 1. The van der Waals surface area contributed by atoms with Crippen LogP contribution in [0.2, 0.25) is 0 Å². The van der Waals surface area contributed by atoms with Crippen molar-refractivity contribution in [3.8, 4) is 0 Å². The lowest BCUT2D eigenvalue weighted by atomic mass is 9.45. The molecule has 0 radical (unpaired) electrons. The van der Waals surface area contributed by atoms with Crippen molar-refractivity contribution in [2.45, 2.75) is 71.6 Å². The van der Waals surface area contributed by atoms with E-state index in [1.807, 2.05) is 12.1 Å². The van der Waals surface area contributed by atoms with Gasteiger partial charge in [0.25, 0.3) is 0 Å². The van der Waals surface area contributed by atoms with Crippen molar-refractivity contribution in [1.82, 2.24) is 0 Å². The van der Waals surface area contributed by atoms with Gasteiger partial charge in [-0.05, 0) is 103 Å². The number of benzene rings is 1. The summed E-state index contributed by atoms with van der Waals surface area (Å²) in [6.45, 7) is 4.81. The summed E-state index contributed by atoms with van der Waals surface area (Å²) in [5.74, 6) is 3.00. The van der Waals surface area contributed by atoms with E-state index in [0.29, 0.717) is 23.0 Å². The zero-order chi connectivity index (χ0) is 19.5. The van der Waals surface area contributed by atoms with Crippen LogP contribution in [0.3, 0.4) is 0 Å². The molecule has 1 aromatic carbocycles. The largest absolute Gasteiger partial charge is 0.294 e. The van der Waals surface area contributed by atoms with E-state index in [2.05, 4.69) is 13.8 Å². The Morgan fingerprint density at radius 3 is 2.71 bits per heavy atom. The van der Waals surface area contributed by atoms with Gasteiger partial charge in [-0.1, -0.05) is 38.8 Å². The fourth-order valence-corrected chi connectivity index (χ4v) is 7.89. The highest BCUT2D eigenvalue weighted by Crippen LogP contribution is 2.66. The molecule has 1 aromatic rings. The molecule has 28 heavy (non-hydrogen) atoms. The van der Waals surface area contributed by atoms with Crippen molar-refractivity contribution in [1.29, 1.82) is 0 Å². The zero-order valence-electron chi connectivity index (χ0n) is 17.3. The monoisotopic (exact) mass is 380 g/mol. The summed E-state index contributed by atoms with van der Waals surface area (Å²) in [6, 6.07) is 6.65. The molecule has 0 N–H and O–H groups in total. The molecule has 1 nitrogen and oxygen atoms in total. The quantitative estimate of drug-likeness (QED) is 0.488. The summed E-state index contributed by atoms with van der Waals surface area (Å²) in [4.78, 5) is 13.4. The van der Waals surface area contributed by atoms with Crippen LogP contribution in [0, 0.1) is 40.3 Å². The molecule has 0 amide bonds. The van der Waals surface area contributed by atoms with Crippen molar-refractivity contribution in [3.63, 3.8) is 0 Å². The van der Waals surface area contributed by atoms with Crippen LogP contribution in [-0.2, 0) is 4.79 Å². The maximum Gasteiger partial charge on any atom is 0.165 e. The van der Waals surface area contributed by atoms with Gasteiger partial charge in [-0.3, -0.25) is 4.79 Å². The Morgan fingerprint density at radius 2 is 1.89 bits per heavy atom. The van der Waals surface area contributed by atoms with Crippen molar-refractivity contribution in [2.24, 2.45) is 34.5 Å². The first-order chi connectivity index (χ1) is 13.4. The highest BCUT2D eigenvalue weighted by Gasteiger charge is 2.60. The summed E-state index contributed by atoms with van der Waals surface area (Å²) in [6.07, 6.45) is 13.4. The molecule has 0 aliphatic heterocycles. The average molecular weight is 381 g/mol. The van der Waals surface area contributed by atoms with Crippen molar-refractivity contribution in [3.05, 3.63) is 41.2 Å². The van der Waals surface area contributed by atoms with Crippen LogP contribution < -0.4 is 0 Å². The molecule has 4 saturated carbocycles. The van der Waals surface area contributed by atoms with E-state index in [1.54, 1.807) is 12.1 Å². The van der Waals surface area contributed by atoms with Gasteiger partial charge in [0.1, 0.15) is 5.82 Å². The fourth-order valence-electron chi connectivity index (χ4n) is 7.89. The third-order valence-corrected chi connectivity index (χ3v) is 9.41. The standard InChI is InChI=1S/C26H33FO/c1-25-12-4-3-7-19(25)9-10-21-22(25)11-13-26(2)23(21)16-18(24(26)28)14-17-6-5-8-20(27)15-17/h5-6,8,14-15,19,21-23H,3-4,7,9-13,16H2,1-2H3/b18-14+/t19-,21-,22+,23+,25+,26+/m1/s1. The van der Waals surface area contributed by atoms with Gasteiger partial charge in [-0.15, -0.1) is 0 Å². The predicted octanol–water partition coefficient (Wildman–Crippen LogP) is 6.82. The third kappa shape index (κ3) is 2.66. The second-order valence-corrected chi connectivity index (χ2v) is 10.6. The van der Waals surface area contributed by atoms with Gasteiger partial charge < -0.3 is 0 Å². The van der Waals surface area contributed by atoms with Gasteiger partial charge in [0, 0.05) is 5.41 Å². The maximum atomic E-state index is 13.6. The van der Waals surface area contributed by atoms with Crippen molar-refractivity contribution < 1.29 is 9.18 Å². The van der Waals surface area contributed by atoms with E-state index in [9.17, 15) is 9.18 Å². The van der Waals surface area contributed by atoms with Crippen LogP contribution in [0.1, 0.15) is 77.2 Å². The Labute approximate surface area is 168 Å².